The summed E-state index contributed by atoms with van der Waals surface area (Å²) < 4.78 is 1.04. The van der Waals surface area contributed by atoms with E-state index in [2.05, 4.69) is 51.7 Å². The number of rotatable bonds is 7. The van der Waals surface area contributed by atoms with E-state index in [1.807, 2.05) is 36.4 Å². The predicted molar refractivity (Wildman–Crippen MR) is 99.6 cm³/mol. The smallest absolute Gasteiger partial charge is 0.238 e. The number of anilines is 1. The molecule has 0 aromatic heterocycles. The molecule has 2 aromatic carbocycles. The van der Waals surface area contributed by atoms with E-state index in [0.29, 0.717) is 6.42 Å². The van der Waals surface area contributed by atoms with E-state index < -0.39 is 0 Å². The normalized spacial score (nSPS) is 11.5. The third-order valence-electron chi connectivity index (χ3n) is 3.71. The molecule has 0 aliphatic carbocycles. The van der Waals surface area contributed by atoms with Gasteiger partial charge in [0.1, 0.15) is 0 Å². The first-order chi connectivity index (χ1) is 11.6. The number of nitriles is 1. The minimum absolute atomic E-state index is 0.0846. The van der Waals surface area contributed by atoms with E-state index in [1.165, 1.54) is 0 Å². The van der Waals surface area contributed by atoms with Gasteiger partial charge in [-0.1, -0.05) is 47.1 Å². The SMILES string of the molecule is CC[C@H](NCC(=O)Nc1ccc(CC#N)cc1)c1ccc(Br)cc1. The average Bonchev–Trinajstić information content (AvgIpc) is 2.59. The Morgan fingerprint density at radius 1 is 1.17 bits per heavy atom. The summed E-state index contributed by atoms with van der Waals surface area (Å²) in [4.78, 5) is 12.1. The molecule has 5 heteroatoms. The molecule has 0 saturated carbocycles. The Balaban J connectivity index is 1.87. The maximum Gasteiger partial charge on any atom is 0.238 e. The average molecular weight is 386 g/mol. The molecule has 0 aliphatic rings. The fraction of sp³-hybridized carbons (Fsp3) is 0.263. The number of carbonyl (C=O) groups is 1. The predicted octanol–water partition coefficient (Wildman–Crippen LogP) is 4.19. The van der Waals surface area contributed by atoms with Crippen molar-refractivity contribution in [2.75, 3.05) is 11.9 Å². The van der Waals surface area contributed by atoms with Gasteiger partial charge < -0.3 is 10.6 Å². The zero-order valence-corrected chi connectivity index (χ0v) is 15.1. The van der Waals surface area contributed by atoms with Crippen LogP contribution in [0.25, 0.3) is 0 Å². The second-order valence-electron chi connectivity index (χ2n) is 5.47. The van der Waals surface area contributed by atoms with Crippen molar-refractivity contribution in [1.82, 2.24) is 5.32 Å². The molecule has 0 aliphatic heterocycles. The van der Waals surface area contributed by atoms with Gasteiger partial charge in [-0.25, -0.2) is 0 Å². The van der Waals surface area contributed by atoms with Crippen LogP contribution >= 0.6 is 15.9 Å². The van der Waals surface area contributed by atoms with Crippen LogP contribution in [-0.2, 0) is 11.2 Å². The number of amides is 1. The van der Waals surface area contributed by atoms with Crippen LogP contribution in [-0.4, -0.2) is 12.5 Å². The summed E-state index contributed by atoms with van der Waals surface area (Å²) in [6.45, 7) is 2.33. The largest absolute Gasteiger partial charge is 0.325 e. The van der Waals surface area contributed by atoms with Crippen LogP contribution in [0, 0.1) is 11.3 Å². The van der Waals surface area contributed by atoms with Crippen molar-refractivity contribution in [1.29, 1.82) is 5.26 Å². The third-order valence-corrected chi connectivity index (χ3v) is 4.24. The Morgan fingerprint density at radius 2 is 1.83 bits per heavy atom. The summed E-state index contributed by atoms with van der Waals surface area (Å²) in [6, 6.07) is 17.7. The van der Waals surface area contributed by atoms with Crippen LogP contribution in [0.4, 0.5) is 5.69 Å². The molecular formula is C19H20BrN3O. The van der Waals surface area contributed by atoms with Crippen LogP contribution < -0.4 is 10.6 Å². The van der Waals surface area contributed by atoms with Gasteiger partial charge in [0.25, 0.3) is 0 Å². The van der Waals surface area contributed by atoms with Crippen LogP contribution in [0.1, 0.15) is 30.5 Å². The van der Waals surface area contributed by atoms with Crippen LogP contribution in [0.5, 0.6) is 0 Å². The minimum Gasteiger partial charge on any atom is -0.325 e. The van der Waals surface area contributed by atoms with Crippen molar-refractivity contribution in [3.8, 4) is 6.07 Å². The van der Waals surface area contributed by atoms with Crippen molar-refractivity contribution >= 4 is 27.5 Å². The first-order valence-corrected chi connectivity index (χ1v) is 8.66. The molecule has 0 bridgehead atoms. The minimum atomic E-state index is -0.0846. The molecule has 1 atom stereocenters. The Labute approximate surface area is 151 Å². The Bertz CT molecular complexity index is 705. The molecule has 0 heterocycles. The van der Waals surface area contributed by atoms with Gasteiger partial charge in [-0.3, -0.25) is 4.79 Å². The van der Waals surface area contributed by atoms with E-state index in [4.69, 9.17) is 5.26 Å². The van der Waals surface area contributed by atoms with Crippen LogP contribution in [0.15, 0.2) is 53.0 Å². The highest BCUT2D eigenvalue weighted by atomic mass is 79.9. The first kappa shape index (κ1) is 18.2. The Morgan fingerprint density at radius 3 is 2.42 bits per heavy atom. The number of benzene rings is 2. The summed E-state index contributed by atoms with van der Waals surface area (Å²) >= 11 is 3.43. The van der Waals surface area contributed by atoms with Gasteiger partial charge >= 0.3 is 0 Å². The second kappa shape index (κ2) is 9.21. The van der Waals surface area contributed by atoms with Crippen molar-refractivity contribution < 1.29 is 4.79 Å². The Kier molecular flexibility index (Phi) is 6.98. The molecule has 0 unspecified atom stereocenters. The standard InChI is InChI=1S/C19H20BrN3O/c1-2-18(15-5-7-16(20)8-6-15)22-13-19(24)23-17-9-3-14(4-10-17)11-12-21/h3-10,18,22H,2,11,13H2,1H3,(H,23,24)/t18-/m0/s1. The molecule has 1 amide bonds. The van der Waals surface area contributed by atoms with E-state index in [1.54, 1.807) is 0 Å². The molecule has 0 saturated heterocycles. The van der Waals surface area contributed by atoms with Gasteiger partial charge in [-0.2, -0.15) is 5.26 Å². The van der Waals surface area contributed by atoms with Crippen molar-refractivity contribution in [2.24, 2.45) is 0 Å². The molecule has 2 aromatic rings. The number of carbonyl (C=O) groups excluding carboxylic acids is 1. The van der Waals surface area contributed by atoms with E-state index in [9.17, 15) is 4.79 Å². The van der Waals surface area contributed by atoms with Crippen molar-refractivity contribution in [3.63, 3.8) is 0 Å². The molecule has 0 fully saturated rings. The molecule has 4 nitrogen and oxygen atoms in total. The summed E-state index contributed by atoms with van der Waals surface area (Å²) in [7, 11) is 0. The fourth-order valence-corrected chi connectivity index (χ4v) is 2.68. The summed E-state index contributed by atoms with van der Waals surface area (Å²) in [5, 5.41) is 14.8. The fourth-order valence-electron chi connectivity index (χ4n) is 2.41. The second-order valence-corrected chi connectivity index (χ2v) is 6.39. The summed E-state index contributed by atoms with van der Waals surface area (Å²) in [5.74, 6) is -0.0846. The molecule has 0 spiro atoms. The molecule has 24 heavy (non-hydrogen) atoms. The number of nitrogens with one attached hydrogen (secondary N) is 2. The first-order valence-electron chi connectivity index (χ1n) is 7.87. The molecule has 2 rings (SSSR count). The van der Waals surface area contributed by atoms with Gasteiger partial charge in [-0.05, 0) is 41.8 Å². The summed E-state index contributed by atoms with van der Waals surface area (Å²) in [5.41, 5.74) is 2.84. The lowest BCUT2D eigenvalue weighted by molar-refractivity contribution is -0.115. The maximum atomic E-state index is 12.1. The van der Waals surface area contributed by atoms with Crippen molar-refractivity contribution in [3.05, 3.63) is 64.1 Å². The zero-order valence-electron chi connectivity index (χ0n) is 13.6. The van der Waals surface area contributed by atoms with Crippen LogP contribution in [0.3, 0.4) is 0 Å². The van der Waals surface area contributed by atoms with Crippen molar-refractivity contribution in [2.45, 2.75) is 25.8 Å². The molecule has 0 radical (unpaired) electrons. The van der Waals surface area contributed by atoms with E-state index in [-0.39, 0.29) is 18.5 Å². The highest BCUT2D eigenvalue weighted by Crippen LogP contribution is 2.19. The van der Waals surface area contributed by atoms with Gasteiger partial charge in [-0.15, -0.1) is 0 Å². The number of hydrogen-bond acceptors (Lipinski definition) is 3. The van der Waals surface area contributed by atoms with E-state index in [0.717, 1.165) is 27.7 Å². The quantitative estimate of drug-likeness (QED) is 0.750. The van der Waals surface area contributed by atoms with E-state index >= 15 is 0 Å². The number of hydrogen-bond donors (Lipinski definition) is 2. The third kappa shape index (κ3) is 5.48. The van der Waals surface area contributed by atoms with Crippen LogP contribution in [0.2, 0.25) is 0 Å². The van der Waals surface area contributed by atoms with Gasteiger partial charge in [0, 0.05) is 16.2 Å². The van der Waals surface area contributed by atoms with Gasteiger partial charge in [0.05, 0.1) is 19.0 Å². The molecular weight excluding hydrogens is 366 g/mol. The summed E-state index contributed by atoms with van der Waals surface area (Å²) in [6.07, 6.45) is 1.28. The highest BCUT2D eigenvalue weighted by molar-refractivity contribution is 9.10. The molecule has 124 valence electrons. The number of nitrogens with zero attached hydrogens (tertiary/aromatic N) is 1. The van der Waals surface area contributed by atoms with Gasteiger partial charge in [0.15, 0.2) is 0 Å². The molecule has 2 N–H and O–H groups in total. The topological polar surface area (TPSA) is 64.9 Å². The maximum absolute atomic E-state index is 12.1. The zero-order chi connectivity index (χ0) is 17.4. The highest BCUT2D eigenvalue weighted by Gasteiger charge is 2.11. The Hall–Kier alpha value is -2.16. The monoisotopic (exact) mass is 385 g/mol. The lowest BCUT2D eigenvalue weighted by atomic mass is 10.0. The van der Waals surface area contributed by atoms with Gasteiger partial charge in [0.2, 0.25) is 5.91 Å². The number of halogens is 1. The lowest BCUT2D eigenvalue weighted by Gasteiger charge is -2.17. The lowest BCUT2D eigenvalue weighted by Crippen LogP contribution is -2.31.